The Morgan fingerprint density at radius 2 is 1.84 bits per heavy atom. The number of guanidine groups is 1. The first-order chi connectivity index (χ1) is 11.5. The molecule has 0 saturated heterocycles. The zero-order chi connectivity index (χ0) is 17.5. The van der Waals surface area contributed by atoms with Crippen LogP contribution in [0.5, 0.6) is 17.2 Å². The van der Waals surface area contributed by atoms with Crippen LogP contribution in [0.25, 0.3) is 0 Å². The number of nitro benzene ring substituents is 1. The highest BCUT2D eigenvalue weighted by Crippen LogP contribution is 2.32. The number of hydrogen-bond donors (Lipinski definition) is 2. The Bertz CT molecular complexity index is 789. The summed E-state index contributed by atoms with van der Waals surface area (Å²) in [5, 5.41) is 17.9. The maximum absolute atomic E-state index is 10.6. The molecule has 0 amide bonds. The summed E-state index contributed by atoms with van der Waals surface area (Å²) in [5.74, 6) is 1.21. The number of ether oxygens (including phenoxy) is 2. The fraction of sp³-hybridized carbons (Fsp3) is 0.0667. The minimum Gasteiger partial charge on any atom is -0.493 e. The Hall–Kier alpha value is -3.33. The SMILES string of the molecule is COc1cc(/C=N/N=C(N)N)ccc1Oc1ccc([N+](=O)[O-])cc1.Cl. The third kappa shape index (κ3) is 5.66. The molecule has 2 aromatic rings. The molecule has 0 aliphatic carbocycles. The van der Waals surface area contributed by atoms with Gasteiger partial charge in [-0.2, -0.15) is 5.10 Å². The molecule has 0 aliphatic rings. The van der Waals surface area contributed by atoms with Gasteiger partial charge in [0.15, 0.2) is 11.5 Å². The molecule has 25 heavy (non-hydrogen) atoms. The zero-order valence-corrected chi connectivity index (χ0v) is 14.0. The molecule has 0 spiro atoms. The van der Waals surface area contributed by atoms with E-state index in [9.17, 15) is 10.1 Å². The van der Waals surface area contributed by atoms with E-state index in [1.54, 1.807) is 18.2 Å². The first-order valence-corrected chi connectivity index (χ1v) is 6.72. The number of nitro groups is 1. The van der Waals surface area contributed by atoms with Gasteiger partial charge in [0.25, 0.3) is 5.69 Å². The summed E-state index contributed by atoms with van der Waals surface area (Å²) >= 11 is 0. The van der Waals surface area contributed by atoms with Gasteiger partial charge in [-0.05, 0) is 35.9 Å². The Labute approximate surface area is 149 Å². The molecule has 0 radical (unpaired) electrons. The topological polar surface area (TPSA) is 138 Å². The average molecular weight is 366 g/mol. The highest BCUT2D eigenvalue weighted by Gasteiger charge is 2.09. The molecule has 0 atom stereocenters. The maximum atomic E-state index is 10.6. The van der Waals surface area contributed by atoms with Gasteiger partial charge in [-0.15, -0.1) is 17.5 Å². The van der Waals surface area contributed by atoms with Crippen LogP contribution in [0.15, 0.2) is 52.7 Å². The molecule has 0 aromatic heterocycles. The third-order valence-electron chi connectivity index (χ3n) is 2.84. The number of hydrogen-bond acceptors (Lipinski definition) is 6. The average Bonchev–Trinajstić information content (AvgIpc) is 2.56. The molecule has 0 fully saturated rings. The lowest BCUT2D eigenvalue weighted by Gasteiger charge is -2.10. The smallest absolute Gasteiger partial charge is 0.269 e. The monoisotopic (exact) mass is 365 g/mol. The van der Waals surface area contributed by atoms with E-state index in [-0.39, 0.29) is 24.1 Å². The van der Waals surface area contributed by atoms with Crippen molar-refractivity contribution in [2.24, 2.45) is 21.7 Å². The molecule has 2 aromatic carbocycles. The molecule has 2 rings (SSSR count). The number of rotatable bonds is 6. The third-order valence-corrected chi connectivity index (χ3v) is 2.84. The number of methoxy groups -OCH3 is 1. The van der Waals surface area contributed by atoms with E-state index in [2.05, 4.69) is 10.2 Å². The second kappa shape index (κ2) is 9.08. The molecule has 9 nitrogen and oxygen atoms in total. The van der Waals surface area contributed by atoms with E-state index in [0.29, 0.717) is 22.8 Å². The molecule has 10 heteroatoms. The van der Waals surface area contributed by atoms with Crippen LogP contribution in [-0.2, 0) is 0 Å². The minimum absolute atomic E-state index is 0. The molecular weight excluding hydrogens is 350 g/mol. The van der Waals surface area contributed by atoms with Crippen LogP contribution < -0.4 is 20.9 Å². The van der Waals surface area contributed by atoms with E-state index in [0.717, 1.165) is 0 Å². The van der Waals surface area contributed by atoms with Crippen LogP contribution in [0.4, 0.5) is 5.69 Å². The van der Waals surface area contributed by atoms with E-state index in [1.165, 1.54) is 37.6 Å². The van der Waals surface area contributed by atoms with Gasteiger partial charge in [-0.3, -0.25) is 10.1 Å². The number of benzene rings is 2. The normalized spacial score (nSPS) is 9.96. The van der Waals surface area contributed by atoms with Crippen LogP contribution in [0, 0.1) is 10.1 Å². The standard InChI is InChI=1S/C15H15N5O4.ClH/c1-23-14-8-10(9-18-19-15(16)17)2-7-13(14)24-12-5-3-11(4-6-12)20(21)22;/h2-9H,1H3,(H4,16,17,19);1H/b18-9+;. The molecule has 0 saturated carbocycles. The maximum Gasteiger partial charge on any atom is 0.269 e. The summed E-state index contributed by atoms with van der Waals surface area (Å²) in [6.45, 7) is 0. The summed E-state index contributed by atoms with van der Waals surface area (Å²) < 4.78 is 10.9. The molecule has 4 N–H and O–H groups in total. The number of non-ortho nitro benzene ring substituents is 1. The van der Waals surface area contributed by atoms with Gasteiger partial charge in [0.1, 0.15) is 5.75 Å². The quantitative estimate of drug-likeness (QED) is 0.349. The second-order valence-corrected chi connectivity index (χ2v) is 4.53. The van der Waals surface area contributed by atoms with Crippen molar-refractivity contribution in [3.63, 3.8) is 0 Å². The largest absolute Gasteiger partial charge is 0.493 e. The first-order valence-electron chi connectivity index (χ1n) is 6.72. The van der Waals surface area contributed by atoms with Gasteiger partial charge < -0.3 is 20.9 Å². The minimum atomic E-state index is -0.477. The van der Waals surface area contributed by atoms with Crippen molar-refractivity contribution < 1.29 is 14.4 Å². The van der Waals surface area contributed by atoms with E-state index >= 15 is 0 Å². The van der Waals surface area contributed by atoms with Crippen molar-refractivity contribution in [2.75, 3.05) is 7.11 Å². The number of nitrogens with zero attached hydrogens (tertiary/aromatic N) is 3. The molecule has 0 bridgehead atoms. The zero-order valence-electron chi connectivity index (χ0n) is 13.2. The Kier molecular flexibility index (Phi) is 7.16. The van der Waals surface area contributed by atoms with Crippen LogP contribution in [0.2, 0.25) is 0 Å². The molecule has 132 valence electrons. The second-order valence-electron chi connectivity index (χ2n) is 4.53. The van der Waals surface area contributed by atoms with Crippen LogP contribution in [0.1, 0.15) is 5.56 Å². The van der Waals surface area contributed by atoms with E-state index < -0.39 is 4.92 Å². The first kappa shape index (κ1) is 19.7. The lowest BCUT2D eigenvalue weighted by Crippen LogP contribution is -2.21. The Morgan fingerprint density at radius 3 is 2.40 bits per heavy atom. The van der Waals surface area contributed by atoms with Crippen molar-refractivity contribution in [2.45, 2.75) is 0 Å². The lowest BCUT2D eigenvalue weighted by atomic mass is 10.2. The predicted molar refractivity (Wildman–Crippen MR) is 96.8 cm³/mol. The van der Waals surface area contributed by atoms with Gasteiger partial charge in [-0.25, -0.2) is 0 Å². The van der Waals surface area contributed by atoms with Gasteiger partial charge in [0.05, 0.1) is 18.2 Å². The Morgan fingerprint density at radius 1 is 1.16 bits per heavy atom. The van der Waals surface area contributed by atoms with Gasteiger partial charge in [0, 0.05) is 12.1 Å². The van der Waals surface area contributed by atoms with Crippen molar-refractivity contribution >= 4 is 30.3 Å². The summed E-state index contributed by atoms with van der Waals surface area (Å²) in [4.78, 5) is 10.2. The van der Waals surface area contributed by atoms with E-state index in [1.807, 2.05) is 0 Å². The molecule has 0 heterocycles. The molecular formula is C15H16ClN5O4. The van der Waals surface area contributed by atoms with Crippen LogP contribution in [-0.4, -0.2) is 24.2 Å². The summed E-state index contributed by atoms with van der Waals surface area (Å²) in [6, 6.07) is 10.8. The van der Waals surface area contributed by atoms with Crippen molar-refractivity contribution in [1.82, 2.24) is 0 Å². The summed E-state index contributed by atoms with van der Waals surface area (Å²) in [5.41, 5.74) is 11.0. The summed E-state index contributed by atoms with van der Waals surface area (Å²) in [7, 11) is 1.50. The molecule has 0 unspecified atom stereocenters. The predicted octanol–water partition coefficient (Wildman–Crippen LogP) is 2.42. The van der Waals surface area contributed by atoms with Gasteiger partial charge in [-0.1, -0.05) is 0 Å². The molecule has 0 aliphatic heterocycles. The lowest BCUT2D eigenvalue weighted by molar-refractivity contribution is -0.384. The number of halogens is 1. The fourth-order valence-electron chi connectivity index (χ4n) is 1.77. The number of nitrogens with two attached hydrogens (primary N) is 2. The van der Waals surface area contributed by atoms with Crippen LogP contribution in [0.3, 0.4) is 0 Å². The van der Waals surface area contributed by atoms with Crippen molar-refractivity contribution in [1.29, 1.82) is 0 Å². The van der Waals surface area contributed by atoms with Gasteiger partial charge in [0.2, 0.25) is 5.96 Å². The van der Waals surface area contributed by atoms with E-state index in [4.69, 9.17) is 20.9 Å². The fourth-order valence-corrected chi connectivity index (χ4v) is 1.77. The van der Waals surface area contributed by atoms with Crippen molar-refractivity contribution in [3.8, 4) is 17.2 Å². The van der Waals surface area contributed by atoms with Gasteiger partial charge >= 0.3 is 0 Å². The highest BCUT2D eigenvalue weighted by atomic mass is 35.5. The van der Waals surface area contributed by atoms with Crippen molar-refractivity contribution in [3.05, 3.63) is 58.1 Å². The van der Waals surface area contributed by atoms with Crippen LogP contribution >= 0.6 is 12.4 Å². The highest BCUT2D eigenvalue weighted by molar-refractivity contribution is 5.85. The summed E-state index contributed by atoms with van der Waals surface area (Å²) in [6.07, 6.45) is 1.46. The Balaban J connectivity index is 0.00000312.